The van der Waals surface area contributed by atoms with Crippen LogP contribution in [0.5, 0.6) is 5.75 Å². The van der Waals surface area contributed by atoms with Gasteiger partial charge in [0, 0.05) is 32.1 Å². The number of benzene rings is 1. The lowest BCUT2D eigenvalue weighted by atomic mass is 9.88. The highest BCUT2D eigenvalue weighted by Crippen LogP contribution is 2.26. The van der Waals surface area contributed by atoms with Crippen molar-refractivity contribution in [3.63, 3.8) is 0 Å². The molecule has 142 valence electrons. The Hall–Kier alpha value is -2.04. The molecule has 3 rings (SSSR count). The molecule has 0 radical (unpaired) electrons. The van der Waals surface area contributed by atoms with Gasteiger partial charge < -0.3 is 14.5 Å². The number of rotatable bonds is 4. The number of amides is 2. The number of piperazine rings is 1. The first-order chi connectivity index (χ1) is 12.6. The number of ether oxygens (including phenoxy) is 1. The van der Waals surface area contributed by atoms with Crippen molar-refractivity contribution in [2.75, 3.05) is 32.8 Å². The predicted molar refractivity (Wildman–Crippen MR) is 101 cm³/mol. The number of hydrogen-bond donors (Lipinski definition) is 0. The Labute approximate surface area is 156 Å². The van der Waals surface area contributed by atoms with E-state index in [9.17, 15) is 9.59 Å². The largest absolute Gasteiger partial charge is 0.483 e. The summed E-state index contributed by atoms with van der Waals surface area (Å²) in [6, 6.07) is 5.88. The molecule has 1 aliphatic carbocycles. The van der Waals surface area contributed by atoms with Crippen molar-refractivity contribution in [1.29, 1.82) is 0 Å². The first kappa shape index (κ1) is 18.7. The third kappa shape index (κ3) is 4.37. The van der Waals surface area contributed by atoms with E-state index >= 15 is 0 Å². The number of carbonyl (C=O) groups is 2. The third-order valence-electron chi connectivity index (χ3n) is 5.80. The van der Waals surface area contributed by atoms with E-state index < -0.39 is 0 Å². The Kier molecular flexibility index (Phi) is 6.17. The second-order valence-corrected chi connectivity index (χ2v) is 7.53. The van der Waals surface area contributed by atoms with Crippen LogP contribution in [0.3, 0.4) is 0 Å². The summed E-state index contributed by atoms with van der Waals surface area (Å²) in [6.45, 7) is 6.59. The molecule has 1 saturated heterocycles. The second-order valence-electron chi connectivity index (χ2n) is 7.53. The van der Waals surface area contributed by atoms with Crippen molar-refractivity contribution >= 4 is 11.8 Å². The highest BCUT2D eigenvalue weighted by atomic mass is 16.5. The molecule has 1 heterocycles. The van der Waals surface area contributed by atoms with Gasteiger partial charge in [0.15, 0.2) is 6.61 Å². The lowest BCUT2D eigenvalue weighted by Crippen LogP contribution is -2.53. The highest BCUT2D eigenvalue weighted by Gasteiger charge is 2.29. The average Bonchev–Trinajstić information content (AvgIpc) is 2.69. The van der Waals surface area contributed by atoms with E-state index in [2.05, 4.69) is 0 Å². The zero-order valence-electron chi connectivity index (χ0n) is 16.0. The van der Waals surface area contributed by atoms with Gasteiger partial charge >= 0.3 is 0 Å². The summed E-state index contributed by atoms with van der Waals surface area (Å²) in [6.07, 6.45) is 5.66. The van der Waals surface area contributed by atoms with Crippen LogP contribution in [0.15, 0.2) is 18.2 Å². The van der Waals surface area contributed by atoms with Crippen LogP contribution < -0.4 is 4.74 Å². The van der Waals surface area contributed by atoms with Crippen molar-refractivity contribution in [3.05, 3.63) is 29.3 Å². The van der Waals surface area contributed by atoms with Gasteiger partial charge in [-0.1, -0.05) is 31.4 Å². The molecule has 0 spiro atoms. The monoisotopic (exact) mass is 358 g/mol. The van der Waals surface area contributed by atoms with Crippen molar-refractivity contribution in [3.8, 4) is 5.75 Å². The minimum Gasteiger partial charge on any atom is -0.483 e. The number of carbonyl (C=O) groups excluding carboxylic acids is 2. The first-order valence-corrected chi connectivity index (χ1v) is 9.82. The topological polar surface area (TPSA) is 49.9 Å². The molecule has 0 N–H and O–H groups in total. The maximum atomic E-state index is 12.6. The van der Waals surface area contributed by atoms with Crippen LogP contribution in [0.25, 0.3) is 0 Å². The van der Waals surface area contributed by atoms with E-state index in [-0.39, 0.29) is 18.4 Å². The maximum Gasteiger partial charge on any atom is 0.260 e. The molecule has 2 aliphatic rings. The Bertz CT molecular complexity index is 645. The molecular weight excluding hydrogens is 328 g/mol. The van der Waals surface area contributed by atoms with E-state index in [1.807, 2.05) is 41.8 Å². The Balaban J connectivity index is 1.46. The number of nitrogens with zero attached hydrogens (tertiary/aromatic N) is 2. The molecule has 0 bridgehead atoms. The van der Waals surface area contributed by atoms with Crippen molar-refractivity contribution < 1.29 is 14.3 Å². The lowest BCUT2D eigenvalue weighted by Gasteiger charge is -2.37. The summed E-state index contributed by atoms with van der Waals surface area (Å²) in [4.78, 5) is 28.8. The Morgan fingerprint density at radius 3 is 2.35 bits per heavy atom. The molecule has 1 aromatic carbocycles. The summed E-state index contributed by atoms with van der Waals surface area (Å²) < 4.78 is 5.73. The SMILES string of the molecule is Cc1cccc(OCC(=O)N2CCN(C(=O)C3CCCCC3)CC2)c1C. The maximum absolute atomic E-state index is 12.6. The summed E-state index contributed by atoms with van der Waals surface area (Å²) in [7, 11) is 0. The normalized spacial score (nSPS) is 18.7. The lowest BCUT2D eigenvalue weighted by molar-refractivity contribution is -0.143. The Morgan fingerprint density at radius 2 is 1.65 bits per heavy atom. The highest BCUT2D eigenvalue weighted by molar-refractivity contribution is 5.80. The zero-order chi connectivity index (χ0) is 18.5. The van der Waals surface area contributed by atoms with E-state index in [0.29, 0.717) is 32.1 Å². The summed E-state index contributed by atoms with van der Waals surface area (Å²) in [5, 5.41) is 0. The molecule has 5 heteroatoms. The molecule has 0 atom stereocenters. The fraction of sp³-hybridized carbons (Fsp3) is 0.619. The molecule has 0 unspecified atom stereocenters. The van der Waals surface area contributed by atoms with Gasteiger partial charge in [0.05, 0.1) is 0 Å². The van der Waals surface area contributed by atoms with E-state index in [1.165, 1.54) is 19.3 Å². The van der Waals surface area contributed by atoms with Crippen LogP contribution in [-0.4, -0.2) is 54.4 Å². The minimum atomic E-state index is -0.00401. The fourth-order valence-electron chi connectivity index (χ4n) is 3.90. The molecular formula is C21H30N2O3. The summed E-state index contributed by atoms with van der Waals surface area (Å²) in [5.74, 6) is 1.27. The molecule has 2 fully saturated rings. The standard InChI is InChI=1S/C21H30N2O3/c1-16-7-6-10-19(17(16)2)26-15-20(24)22-11-13-23(14-12-22)21(25)18-8-4-3-5-9-18/h6-7,10,18H,3-5,8-9,11-15H2,1-2H3. The summed E-state index contributed by atoms with van der Waals surface area (Å²) in [5.41, 5.74) is 2.23. The quantitative estimate of drug-likeness (QED) is 0.831. The smallest absolute Gasteiger partial charge is 0.260 e. The van der Waals surface area contributed by atoms with Gasteiger partial charge in [-0.15, -0.1) is 0 Å². The average molecular weight is 358 g/mol. The fourth-order valence-corrected chi connectivity index (χ4v) is 3.90. The first-order valence-electron chi connectivity index (χ1n) is 9.82. The van der Waals surface area contributed by atoms with Crippen molar-refractivity contribution in [1.82, 2.24) is 9.80 Å². The molecule has 1 saturated carbocycles. The van der Waals surface area contributed by atoms with Gasteiger partial charge in [-0.05, 0) is 43.9 Å². The number of aryl methyl sites for hydroxylation is 1. The van der Waals surface area contributed by atoms with Gasteiger partial charge in [0.1, 0.15) is 5.75 Å². The van der Waals surface area contributed by atoms with Crippen LogP contribution in [0, 0.1) is 19.8 Å². The van der Waals surface area contributed by atoms with Crippen molar-refractivity contribution in [2.24, 2.45) is 5.92 Å². The molecule has 1 aliphatic heterocycles. The van der Waals surface area contributed by atoms with Crippen LogP contribution in [0.4, 0.5) is 0 Å². The number of hydrogen-bond acceptors (Lipinski definition) is 3. The van der Waals surface area contributed by atoms with Gasteiger partial charge in [-0.3, -0.25) is 9.59 Å². The van der Waals surface area contributed by atoms with Crippen LogP contribution >= 0.6 is 0 Å². The van der Waals surface area contributed by atoms with Crippen molar-refractivity contribution in [2.45, 2.75) is 46.0 Å². The van der Waals surface area contributed by atoms with Gasteiger partial charge in [-0.25, -0.2) is 0 Å². The van der Waals surface area contributed by atoms with Crippen LogP contribution in [0.2, 0.25) is 0 Å². The van der Waals surface area contributed by atoms with Gasteiger partial charge in [0.25, 0.3) is 5.91 Å². The molecule has 2 amide bonds. The molecule has 26 heavy (non-hydrogen) atoms. The zero-order valence-corrected chi connectivity index (χ0v) is 16.0. The molecule has 0 aromatic heterocycles. The van der Waals surface area contributed by atoms with E-state index in [1.54, 1.807) is 0 Å². The summed E-state index contributed by atoms with van der Waals surface area (Å²) >= 11 is 0. The predicted octanol–water partition coefficient (Wildman–Crippen LogP) is 2.93. The second kappa shape index (κ2) is 8.56. The molecule has 1 aromatic rings. The molecule has 5 nitrogen and oxygen atoms in total. The van der Waals surface area contributed by atoms with E-state index in [4.69, 9.17) is 4.74 Å². The van der Waals surface area contributed by atoms with Gasteiger partial charge in [0.2, 0.25) is 5.91 Å². The Morgan fingerprint density at radius 1 is 1.00 bits per heavy atom. The van der Waals surface area contributed by atoms with Gasteiger partial charge in [-0.2, -0.15) is 0 Å². The van der Waals surface area contributed by atoms with E-state index in [0.717, 1.165) is 29.7 Å². The minimum absolute atomic E-state index is 0.00401. The third-order valence-corrected chi connectivity index (χ3v) is 5.80. The van der Waals surface area contributed by atoms with Crippen LogP contribution in [0.1, 0.15) is 43.2 Å². The van der Waals surface area contributed by atoms with Crippen LogP contribution in [-0.2, 0) is 9.59 Å².